The van der Waals surface area contributed by atoms with E-state index in [9.17, 15) is 0 Å². The van der Waals surface area contributed by atoms with Gasteiger partial charge >= 0.3 is 0 Å². The van der Waals surface area contributed by atoms with Gasteiger partial charge in [-0.3, -0.25) is 0 Å². The zero-order chi connectivity index (χ0) is 13.7. The molecule has 0 fully saturated rings. The monoisotopic (exact) mass is 337 g/mol. The molecule has 0 saturated carbocycles. The van der Waals surface area contributed by atoms with Gasteiger partial charge in [0.2, 0.25) is 0 Å². The van der Waals surface area contributed by atoms with Crippen molar-refractivity contribution in [3.63, 3.8) is 0 Å². The van der Waals surface area contributed by atoms with Crippen LogP contribution in [0.25, 0.3) is 0 Å². The first-order valence-electron chi connectivity index (χ1n) is 6.71. The highest BCUT2D eigenvalue weighted by atomic mass is 79.9. The van der Waals surface area contributed by atoms with E-state index in [-0.39, 0.29) is 0 Å². The van der Waals surface area contributed by atoms with E-state index in [1.807, 2.05) is 0 Å². The van der Waals surface area contributed by atoms with E-state index >= 15 is 0 Å². The Labute approximate surface area is 128 Å². The van der Waals surface area contributed by atoms with Crippen LogP contribution in [0.5, 0.6) is 0 Å². The summed E-state index contributed by atoms with van der Waals surface area (Å²) in [4.78, 5) is 0. The average Bonchev–Trinajstić information content (AvgIpc) is 2.83. The summed E-state index contributed by atoms with van der Waals surface area (Å²) in [5.41, 5.74) is 4.13. The number of aryl methyl sites for hydroxylation is 2. The maximum Gasteiger partial charge on any atom is 0.0342 e. The van der Waals surface area contributed by atoms with E-state index in [1.54, 1.807) is 11.3 Å². The molecule has 0 bridgehead atoms. The van der Waals surface area contributed by atoms with E-state index in [0.717, 1.165) is 19.4 Å². The lowest BCUT2D eigenvalue weighted by molar-refractivity contribution is 0.515. The predicted octanol–water partition coefficient (Wildman–Crippen LogP) is 5.10. The van der Waals surface area contributed by atoms with Crippen LogP contribution in [0.2, 0.25) is 0 Å². The second-order valence-electron chi connectivity index (χ2n) is 4.81. The van der Waals surface area contributed by atoms with E-state index in [4.69, 9.17) is 0 Å². The number of halogens is 1. The third-order valence-corrected chi connectivity index (χ3v) is 5.06. The maximum atomic E-state index is 3.64. The Balaban J connectivity index is 2.01. The lowest BCUT2D eigenvalue weighted by atomic mass is 10.0. The van der Waals surface area contributed by atoms with Crippen LogP contribution < -0.4 is 5.32 Å². The van der Waals surface area contributed by atoms with Crippen LogP contribution >= 0.6 is 27.3 Å². The van der Waals surface area contributed by atoms with Gasteiger partial charge in [0.15, 0.2) is 0 Å². The molecule has 2 rings (SSSR count). The fourth-order valence-corrected chi connectivity index (χ4v) is 3.85. The Morgan fingerprint density at radius 1 is 1.21 bits per heavy atom. The Bertz CT molecular complexity index is 504. The fraction of sp³-hybridized carbons (Fsp3) is 0.375. The van der Waals surface area contributed by atoms with Gasteiger partial charge < -0.3 is 5.32 Å². The van der Waals surface area contributed by atoms with Gasteiger partial charge in [-0.05, 0) is 58.7 Å². The van der Waals surface area contributed by atoms with Crippen LogP contribution in [0.15, 0.2) is 39.5 Å². The Morgan fingerprint density at radius 3 is 2.53 bits per heavy atom. The molecule has 1 N–H and O–H groups in total. The molecule has 1 aromatic heterocycles. The van der Waals surface area contributed by atoms with E-state index in [1.165, 1.54) is 21.2 Å². The Hall–Kier alpha value is -0.640. The lowest BCUT2D eigenvalue weighted by Crippen LogP contribution is -2.21. The zero-order valence-electron chi connectivity index (χ0n) is 11.4. The highest BCUT2D eigenvalue weighted by Crippen LogP contribution is 2.30. The van der Waals surface area contributed by atoms with Crippen molar-refractivity contribution in [1.29, 1.82) is 0 Å². The largest absolute Gasteiger partial charge is 0.310 e. The van der Waals surface area contributed by atoms with Gasteiger partial charge in [0.25, 0.3) is 0 Å². The third kappa shape index (κ3) is 4.16. The van der Waals surface area contributed by atoms with Crippen LogP contribution in [0.4, 0.5) is 0 Å². The molecule has 0 aliphatic heterocycles. The number of nitrogens with one attached hydrogen (secondary N) is 1. The van der Waals surface area contributed by atoms with Gasteiger partial charge in [0, 0.05) is 15.9 Å². The third-order valence-electron chi connectivity index (χ3n) is 3.31. The average molecular weight is 338 g/mol. The normalized spacial score (nSPS) is 12.6. The number of benzene rings is 1. The summed E-state index contributed by atoms with van der Waals surface area (Å²) in [6, 6.07) is 9.30. The molecule has 2 aromatic rings. The molecule has 1 atom stereocenters. The molecule has 1 aromatic carbocycles. The topological polar surface area (TPSA) is 12.0 Å². The van der Waals surface area contributed by atoms with Gasteiger partial charge in [0.05, 0.1) is 0 Å². The molecule has 1 unspecified atom stereocenters. The minimum absolute atomic E-state index is 0.437. The summed E-state index contributed by atoms with van der Waals surface area (Å²) in [5, 5.41) is 7.99. The second-order valence-corrected chi connectivity index (χ2v) is 6.41. The summed E-state index contributed by atoms with van der Waals surface area (Å²) >= 11 is 5.40. The summed E-state index contributed by atoms with van der Waals surface area (Å²) in [7, 11) is 0. The Kier molecular flexibility index (Phi) is 5.61. The van der Waals surface area contributed by atoms with Crippen LogP contribution in [0, 0.1) is 6.92 Å². The van der Waals surface area contributed by atoms with Gasteiger partial charge in [-0.15, -0.1) is 0 Å². The molecular formula is C16H20BrNS. The number of thiophene rings is 1. The smallest absolute Gasteiger partial charge is 0.0342 e. The number of hydrogen-bond acceptors (Lipinski definition) is 2. The van der Waals surface area contributed by atoms with Gasteiger partial charge in [0.1, 0.15) is 0 Å². The molecular weight excluding hydrogens is 318 g/mol. The van der Waals surface area contributed by atoms with Crippen molar-refractivity contribution < 1.29 is 0 Å². The molecule has 3 heteroatoms. The number of hydrogen-bond donors (Lipinski definition) is 1. The first-order chi connectivity index (χ1) is 9.20. The standard InChI is InChI=1S/C16H20BrNS/c1-3-18-16(14-10-19-11-15(14)17)9-8-13-6-4-12(2)5-7-13/h4-7,10-11,16,18H,3,8-9H2,1-2H3. The highest BCUT2D eigenvalue weighted by Gasteiger charge is 2.14. The minimum atomic E-state index is 0.437. The van der Waals surface area contributed by atoms with E-state index < -0.39 is 0 Å². The molecule has 19 heavy (non-hydrogen) atoms. The SMILES string of the molecule is CCNC(CCc1ccc(C)cc1)c1cscc1Br. The summed E-state index contributed by atoms with van der Waals surface area (Å²) < 4.78 is 1.23. The summed E-state index contributed by atoms with van der Waals surface area (Å²) in [6.45, 7) is 5.30. The van der Waals surface area contributed by atoms with Crippen molar-refractivity contribution in [1.82, 2.24) is 5.32 Å². The Morgan fingerprint density at radius 2 is 1.95 bits per heavy atom. The molecule has 0 saturated heterocycles. The lowest BCUT2D eigenvalue weighted by Gasteiger charge is -2.17. The quantitative estimate of drug-likeness (QED) is 0.772. The van der Waals surface area contributed by atoms with Crippen molar-refractivity contribution in [2.45, 2.75) is 32.7 Å². The molecule has 0 aliphatic carbocycles. The predicted molar refractivity (Wildman–Crippen MR) is 87.9 cm³/mol. The fourth-order valence-electron chi connectivity index (χ4n) is 2.22. The van der Waals surface area contributed by atoms with Crippen molar-refractivity contribution in [3.8, 4) is 0 Å². The second kappa shape index (κ2) is 7.22. The van der Waals surface area contributed by atoms with Crippen LogP contribution in [-0.4, -0.2) is 6.54 Å². The molecule has 102 valence electrons. The van der Waals surface area contributed by atoms with Crippen LogP contribution in [-0.2, 0) is 6.42 Å². The molecule has 0 radical (unpaired) electrons. The van der Waals surface area contributed by atoms with Crippen molar-refractivity contribution in [2.75, 3.05) is 6.54 Å². The highest BCUT2D eigenvalue weighted by molar-refractivity contribution is 9.10. The molecule has 0 aliphatic rings. The maximum absolute atomic E-state index is 3.64. The van der Waals surface area contributed by atoms with Crippen LogP contribution in [0.3, 0.4) is 0 Å². The van der Waals surface area contributed by atoms with Crippen molar-refractivity contribution >= 4 is 27.3 Å². The zero-order valence-corrected chi connectivity index (χ0v) is 13.9. The van der Waals surface area contributed by atoms with Gasteiger partial charge in [-0.25, -0.2) is 0 Å². The van der Waals surface area contributed by atoms with Gasteiger partial charge in [-0.1, -0.05) is 36.8 Å². The molecule has 0 amide bonds. The van der Waals surface area contributed by atoms with Crippen molar-refractivity contribution in [2.24, 2.45) is 0 Å². The molecule has 0 spiro atoms. The summed E-state index contributed by atoms with van der Waals surface area (Å²) in [5.74, 6) is 0. The minimum Gasteiger partial charge on any atom is -0.310 e. The number of rotatable bonds is 6. The van der Waals surface area contributed by atoms with E-state index in [0.29, 0.717) is 6.04 Å². The molecule has 1 heterocycles. The first kappa shape index (κ1) is 14.8. The molecule has 1 nitrogen and oxygen atoms in total. The first-order valence-corrected chi connectivity index (χ1v) is 8.44. The van der Waals surface area contributed by atoms with Crippen molar-refractivity contribution in [3.05, 3.63) is 56.2 Å². The van der Waals surface area contributed by atoms with E-state index in [2.05, 4.69) is 70.1 Å². The van der Waals surface area contributed by atoms with Crippen LogP contribution in [0.1, 0.15) is 36.1 Å². The van der Waals surface area contributed by atoms with Gasteiger partial charge in [-0.2, -0.15) is 11.3 Å². The summed E-state index contributed by atoms with van der Waals surface area (Å²) in [6.07, 6.45) is 2.24.